The van der Waals surface area contributed by atoms with Crippen LogP contribution in [0.5, 0.6) is 0 Å². The zero-order valence-electron chi connectivity index (χ0n) is 16.0. The molecule has 1 amide bonds. The van der Waals surface area contributed by atoms with E-state index in [0.29, 0.717) is 12.8 Å². The van der Waals surface area contributed by atoms with Crippen molar-refractivity contribution in [2.75, 3.05) is 25.1 Å². The van der Waals surface area contributed by atoms with Gasteiger partial charge < -0.3 is 9.84 Å². The summed E-state index contributed by atoms with van der Waals surface area (Å²) in [5.41, 5.74) is -1.02. The molecule has 3 aliphatic heterocycles. The molecule has 2 saturated heterocycles. The van der Waals surface area contributed by atoms with Gasteiger partial charge in [-0.2, -0.15) is 0 Å². The average Bonchev–Trinajstić information content (AvgIpc) is 3.19. The van der Waals surface area contributed by atoms with E-state index >= 15 is 0 Å². The summed E-state index contributed by atoms with van der Waals surface area (Å²) in [5, 5.41) is 11.9. The second kappa shape index (κ2) is 4.31. The maximum absolute atomic E-state index is 14.1. The highest BCUT2D eigenvalue weighted by atomic mass is 16.5. The molecule has 6 nitrogen and oxygen atoms in total. The van der Waals surface area contributed by atoms with E-state index in [2.05, 4.69) is 11.0 Å². The monoisotopic (exact) mass is 380 g/mol. The van der Waals surface area contributed by atoms with Crippen molar-refractivity contribution in [3.8, 4) is 0 Å². The Hall–Kier alpha value is -1.92. The van der Waals surface area contributed by atoms with Gasteiger partial charge in [-0.05, 0) is 55.7 Å². The van der Waals surface area contributed by atoms with E-state index in [4.69, 9.17) is 4.74 Å². The highest BCUT2D eigenvalue weighted by Gasteiger charge is 2.92. The Kier molecular flexibility index (Phi) is 2.45. The van der Waals surface area contributed by atoms with Crippen LogP contribution in [0.4, 0.5) is 10.5 Å². The molecule has 1 aromatic carbocycles. The predicted octanol–water partition coefficient (Wildman–Crippen LogP) is 1.84. The number of fused-ring (bicyclic) bond motifs is 1. The van der Waals surface area contributed by atoms with Crippen LogP contribution in [-0.2, 0) is 14.9 Å². The van der Waals surface area contributed by atoms with Crippen molar-refractivity contribution in [3.63, 3.8) is 0 Å². The number of ketones is 1. The lowest BCUT2D eigenvalue weighted by atomic mass is 9.45. The number of carbonyl (C=O) groups excluding carboxylic acids is 2. The normalized spacial score (nSPS) is 49.4. The zero-order chi connectivity index (χ0) is 19.1. The van der Waals surface area contributed by atoms with Crippen LogP contribution >= 0.6 is 0 Å². The van der Waals surface area contributed by atoms with Gasteiger partial charge in [-0.1, -0.05) is 18.2 Å². The fourth-order valence-corrected chi connectivity index (χ4v) is 9.12. The van der Waals surface area contributed by atoms with E-state index in [1.54, 1.807) is 4.90 Å². The standard InChI is InChI=1S/C22H24N2O4/c1-28-18(26)24-14-6-3-2-5-13(14)22-15-11-23-10-4-7-19(16(22)23)8-9-21(22,24)17(25)20(15,27)12-19/h2-3,5-6,15-16,27H,4,7-12H2,1H3/t15?,16-,19+,20?,21+,22-/m0/s1. The minimum Gasteiger partial charge on any atom is -0.452 e. The van der Waals surface area contributed by atoms with Gasteiger partial charge in [-0.15, -0.1) is 0 Å². The lowest BCUT2D eigenvalue weighted by molar-refractivity contribution is -0.144. The molecule has 5 fully saturated rings. The fraction of sp³-hybridized carbons (Fsp3) is 0.636. The van der Waals surface area contributed by atoms with E-state index in [1.165, 1.54) is 7.11 Å². The van der Waals surface area contributed by atoms with E-state index in [0.717, 1.165) is 43.6 Å². The Labute approximate surface area is 163 Å². The molecule has 1 N–H and O–H groups in total. The second-order valence-electron chi connectivity index (χ2n) is 9.90. The van der Waals surface area contributed by atoms with Crippen LogP contribution in [0.15, 0.2) is 24.3 Å². The SMILES string of the molecule is COC(=O)N1c2ccccc2[C@@]23C4CN5CCC[C@]6(CC[C@]12C(=O)C4(O)C6)[C@H]53. The molecule has 6 heteroatoms. The number of hydrogen-bond donors (Lipinski definition) is 1. The van der Waals surface area contributed by atoms with E-state index in [9.17, 15) is 14.7 Å². The molecular formula is C22H24N2O4. The summed E-state index contributed by atoms with van der Waals surface area (Å²) >= 11 is 0. The van der Waals surface area contributed by atoms with E-state index in [1.807, 2.05) is 18.2 Å². The van der Waals surface area contributed by atoms with Crippen molar-refractivity contribution in [2.24, 2.45) is 11.3 Å². The maximum Gasteiger partial charge on any atom is 0.414 e. The molecule has 1 spiro atoms. The van der Waals surface area contributed by atoms with Crippen LogP contribution < -0.4 is 4.90 Å². The Morgan fingerprint density at radius 1 is 1.25 bits per heavy atom. The predicted molar refractivity (Wildman–Crippen MR) is 100 cm³/mol. The number of benzene rings is 1. The summed E-state index contributed by atoms with van der Waals surface area (Å²) in [7, 11) is 1.38. The number of methoxy groups -OCH3 is 1. The van der Waals surface area contributed by atoms with Gasteiger partial charge in [-0.25, -0.2) is 4.79 Å². The first-order chi connectivity index (χ1) is 13.5. The Bertz CT molecular complexity index is 979. The molecule has 6 atom stereocenters. The van der Waals surface area contributed by atoms with Crippen molar-refractivity contribution in [2.45, 2.75) is 54.7 Å². The summed E-state index contributed by atoms with van der Waals surface area (Å²) in [6, 6.07) is 8.20. The first-order valence-corrected chi connectivity index (χ1v) is 10.5. The van der Waals surface area contributed by atoms with Gasteiger partial charge in [0.2, 0.25) is 0 Å². The van der Waals surface area contributed by atoms with Gasteiger partial charge in [0.05, 0.1) is 18.2 Å². The summed E-state index contributed by atoms with van der Waals surface area (Å²) in [6.45, 7) is 1.77. The quantitative estimate of drug-likeness (QED) is 0.744. The molecule has 5 bridgehead atoms. The van der Waals surface area contributed by atoms with Gasteiger partial charge in [0.1, 0.15) is 11.1 Å². The van der Waals surface area contributed by atoms with Crippen LogP contribution in [-0.4, -0.2) is 59.3 Å². The smallest absolute Gasteiger partial charge is 0.414 e. The first-order valence-electron chi connectivity index (χ1n) is 10.5. The van der Waals surface area contributed by atoms with Crippen LogP contribution in [0.1, 0.15) is 37.7 Å². The molecule has 28 heavy (non-hydrogen) atoms. The number of piperidine rings is 1. The Morgan fingerprint density at radius 3 is 2.89 bits per heavy atom. The number of rotatable bonds is 0. The third kappa shape index (κ3) is 1.18. The van der Waals surface area contributed by atoms with Crippen LogP contribution in [0.3, 0.4) is 0 Å². The van der Waals surface area contributed by atoms with Crippen molar-refractivity contribution in [1.29, 1.82) is 0 Å². The van der Waals surface area contributed by atoms with Gasteiger partial charge >= 0.3 is 6.09 Å². The third-order valence-electron chi connectivity index (χ3n) is 9.43. The number of amides is 1. The molecule has 1 aromatic rings. The largest absolute Gasteiger partial charge is 0.452 e. The van der Waals surface area contributed by atoms with Gasteiger partial charge in [0.25, 0.3) is 0 Å². The molecule has 2 unspecified atom stereocenters. The number of hydrogen-bond acceptors (Lipinski definition) is 5. The van der Waals surface area contributed by atoms with E-state index in [-0.39, 0.29) is 23.2 Å². The molecule has 146 valence electrons. The lowest BCUT2D eigenvalue weighted by Gasteiger charge is -2.62. The summed E-state index contributed by atoms with van der Waals surface area (Å²) < 4.78 is 5.19. The molecular weight excluding hydrogens is 356 g/mol. The number of para-hydroxylation sites is 1. The number of carbonyl (C=O) groups is 2. The number of nitrogens with zero attached hydrogens (tertiary/aromatic N) is 2. The van der Waals surface area contributed by atoms with Gasteiger partial charge in [-0.3, -0.25) is 14.6 Å². The molecule has 0 radical (unpaired) electrons. The van der Waals surface area contributed by atoms with Crippen molar-refractivity contribution >= 4 is 17.6 Å². The summed E-state index contributed by atoms with van der Waals surface area (Å²) in [4.78, 5) is 31.4. The topological polar surface area (TPSA) is 70.1 Å². The maximum atomic E-state index is 14.1. The number of Topliss-reactive ketones (excluding diaryl/α,β-unsaturated/α-hetero) is 1. The van der Waals surface area contributed by atoms with E-state index < -0.39 is 22.6 Å². The van der Waals surface area contributed by atoms with Crippen LogP contribution in [0, 0.1) is 11.3 Å². The second-order valence-corrected chi connectivity index (χ2v) is 9.90. The Morgan fingerprint density at radius 2 is 2.07 bits per heavy atom. The molecule has 3 aliphatic carbocycles. The molecule has 3 saturated carbocycles. The lowest BCUT2D eigenvalue weighted by Crippen LogP contribution is -2.72. The number of ether oxygens (including phenoxy) is 1. The summed E-state index contributed by atoms with van der Waals surface area (Å²) in [6.07, 6.45) is 3.78. The molecule has 7 rings (SSSR count). The van der Waals surface area contributed by atoms with Crippen molar-refractivity contribution in [3.05, 3.63) is 29.8 Å². The highest BCUT2D eigenvalue weighted by molar-refractivity contribution is 6.14. The third-order valence-corrected chi connectivity index (χ3v) is 9.43. The van der Waals surface area contributed by atoms with Crippen LogP contribution in [0.25, 0.3) is 0 Å². The van der Waals surface area contributed by atoms with Crippen molar-refractivity contribution < 1.29 is 19.4 Å². The minimum atomic E-state index is -1.34. The minimum absolute atomic E-state index is 0.0328. The van der Waals surface area contributed by atoms with Gasteiger partial charge in [0.15, 0.2) is 5.78 Å². The highest BCUT2D eigenvalue weighted by Crippen LogP contribution is 2.80. The molecule has 3 heterocycles. The molecule has 0 aromatic heterocycles. The zero-order valence-corrected chi connectivity index (χ0v) is 16.0. The van der Waals surface area contributed by atoms with Crippen molar-refractivity contribution in [1.82, 2.24) is 4.90 Å². The fourth-order valence-electron chi connectivity index (χ4n) is 9.12. The number of anilines is 1. The average molecular weight is 380 g/mol. The van der Waals surface area contributed by atoms with Crippen LogP contribution in [0.2, 0.25) is 0 Å². The summed E-state index contributed by atoms with van der Waals surface area (Å²) in [5.74, 6) is -0.280. The first kappa shape index (κ1) is 15.9. The van der Waals surface area contributed by atoms with Gasteiger partial charge in [0, 0.05) is 18.5 Å². The number of aliphatic hydroxyl groups is 1. The molecule has 6 aliphatic rings. The Balaban J connectivity index is 1.64.